The van der Waals surface area contributed by atoms with E-state index >= 15 is 0 Å². The first-order valence-electron chi connectivity index (χ1n) is 6.25. The minimum atomic E-state index is 0.859. The monoisotopic (exact) mass is 235 g/mol. The van der Waals surface area contributed by atoms with E-state index in [0.29, 0.717) is 0 Å². The first-order valence-corrected chi connectivity index (χ1v) is 6.25. The highest BCUT2D eigenvalue weighted by molar-refractivity contribution is 5.40. The Labute approximate surface area is 105 Å². The minimum absolute atomic E-state index is 0.859. The standard InChI is InChI=1S/C14H25N3/c1-16(2)9-5-10-17(3)11-8-13-6-4-7-14(15)12-13/h4,6-7,12H,5,8-11,15H2,1-3H3. The summed E-state index contributed by atoms with van der Waals surface area (Å²) in [4.78, 5) is 4.61. The smallest absolute Gasteiger partial charge is 0.0316 e. The van der Waals surface area contributed by atoms with Crippen molar-refractivity contribution in [2.24, 2.45) is 0 Å². The van der Waals surface area contributed by atoms with Gasteiger partial charge in [0.25, 0.3) is 0 Å². The van der Waals surface area contributed by atoms with Crippen molar-refractivity contribution in [1.82, 2.24) is 9.80 Å². The van der Waals surface area contributed by atoms with Crippen molar-refractivity contribution >= 4 is 5.69 Å². The molecule has 17 heavy (non-hydrogen) atoms. The number of benzene rings is 1. The molecule has 0 heterocycles. The Kier molecular flexibility index (Phi) is 6.01. The van der Waals surface area contributed by atoms with Crippen molar-refractivity contribution in [3.05, 3.63) is 29.8 Å². The number of anilines is 1. The normalized spacial score (nSPS) is 11.4. The summed E-state index contributed by atoms with van der Waals surface area (Å²) in [6.07, 6.45) is 2.30. The Morgan fingerprint density at radius 2 is 1.82 bits per heavy atom. The number of hydrogen-bond acceptors (Lipinski definition) is 3. The molecule has 3 heteroatoms. The van der Waals surface area contributed by atoms with E-state index < -0.39 is 0 Å². The van der Waals surface area contributed by atoms with Crippen LogP contribution in [0.4, 0.5) is 5.69 Å². The summed E-state index contributed by atoms with van der Waals surface area (Å²) in [5, 5.41) is 0. The molecule has 0 atom stereocenters. The second-order valence-electron chi connectivity index (χ2n) is 4.96. The van der Waals surface area contributed by atoms with Crippen molar-refractivity contribution in [2.45, 2.75) is 12.8 Å². The number of rotatable bonds is 7. The SMILES string of the molecule is CN(C)CCCN(C)CCc1cccc(N)c1. The van der Waals surface area contributed by atoms with Crippen LogP contribution in [0.5, 0.6) is 0 Å². The van der Waals surface area contributed by atoms with Gasteiger partial charge in [-0.2, -0.15) is 0 Å². The Morgan fingerprint density at radius 3 is 2.47 bits per heavy atom. The molecule has 0 aliphatic rings. The van der Waals surface area contributed by atoms with E-state index in [4.69, 9.17) is 5.73 Å². The Bertz CT molecular complexity index is 323. The van der Waals surface area contributed by atoms with Gasteiger partial charge in [0.1, 0.15) is 0 Å². The molecule has 2 N–H and O–H groups in total. The van der Waals surface area contributed by atoms with Crippen molar-refractivity contribution in [2.75, 3.05) is 46.5 Å². The number of nitrogens with zero attached hydrogens (tertiary/aromatic N) is 2. The maximum Gasteiger partial charge on any atom is 0.0316 e. The van der Waals surface area contributed by atoms with Gasteiger partial charge in [0, 0.05) is 12.2 Å². The first-order chi connectivity index (χ1) is 8.08. The zero-order chi connectivity index (χ0) is 12.7. The summed E-state index contributed by atoms with van der Waals surface area (Å²) in [6, 6.07) is 8.17. The highest BCUT2D eigenvalue weighted by Crippen LogP contribution is 2.07. The van der Waals surface area contributed by atoms with Gasteiger partial charge in [-0.1, -0.05) is 12.1 Å². The van der Waals surface area contributed by atoms with E-state index in [1.165, 1.54) is 12.0 Å². The molecule has 1 aromatic rings. The van der Waals surface area contributed by atoms with Crippen LogP contribution in [0.1, 0.15) is 12.0 Å². The lowest BCUT2D eigenvalue weighted by atomic mass is 10.1. The largest absolute Gasteiger partial charge is 0.399 e. The fourth-order valence-corrected chi connectivity index (χ4v) is 1.84. The molecule has 0 unspecified atom stereocenters. The maximum atomic E-state index is 5.76. The van der Waals surface area contributed by atoms with E-state index in [1.807, 2.05) is 12.1 Å². The van der Waals surface area contributed by atoms with Gasteiger partial charge in [-0.05, 0) is 64.8 Å². The third-order valence-corrected chi connectivity index (χ3v) is 2.88. The molecule has 0 spiro atoms. The van der Waals surface area contributed by atoms with Gasteiger partial charge >= 0.3 is 0 Å². The van der Waals surface area contributed by atoms with E-state index in [-0.39, 0.29) is 0 Å². The minimum Gasteiger partial charge on any atom is -0.399 e. The highest BCUT2D eigenvalue weighted by Gasteiger charge is 2.00. The summed E-state index contributed by atoms with van der Waals surface area (Å²) in [5.74, 6) is 0. The number of nitrogen functional groups attached to an aromatic ring is 1. The van der Waals surface area contributed by atoms with Crippen LogP contribution in [-0.4, -0.2) is 50.6 Å². The van der Waals surface area contributed by atoms with E-state index in [2.05, 4.69) is 43.1 Å². The fourth-order valence-electron chi connectivity index (χ4n) is 1.84. The molecule has 96 valence electrons. The van der Waals surface area contributed by atoms with Crippen LogP contribution < -0.4 is 5.73 Å². The molecule has 0 saturated heterocycles. The van der Waals surface area contributed by atoms with Crippen LogP contribution in [0, 0.1) is 0 Å². The van der Waals surface area contributed by atoms with Gasteiger partial charge in [-0.25, -0.2) is 0 Å². The molecule has 1 aromatic carbocycles. The van der Waals surface area contributed by atoms with Crippen LogP contribution >= 0.6 is 0 Å². The summed E-state index contributed by atoms with van der Waals surface area (Å²) in [7, 11) is 6.42. The molecule has 0 aliphatic carbocycles. The highest BCUT2D eigenvalue weighted by atomic mass is 15.1. The van der Waals surface area contributed by atoms with Crippen molar-refractivity contribution in [3.8, 4) is 0 Å². The molecule has 0 radical (unpaired) electrons. The van der Waals surface area contributed by atoms with Crippen LogP contribution in [0.2, 0.25) is 0 Å². The molecule has 1 rings (SSSR count). The van der Waals surface area contributed by atoms with Crippen molar-refractivity contribution in [3.63, 3.8) is 0 Å². The van der Waals surface area contributed by atoms with Gasteiger partial charge in [0.05, 0.1) is 0 Å². The lowest BCUT2D eigenvalue weighted by molar-refractivity contribution is 0.303. The van der Waals surface area contributed by atoms with Crippen LogP contribution in [0.25, 0.3) is 0 Å². The predicted molar refractivity (Wildman–Crippen MR) is 75.2 cm³/mol. The third-order valence-electron chi connectivity index (χ3n) is 2.88. The van der Waals surface area contributed by atoms with Crippen molar-refractivity contribution in [1.29, 1.82) is 0 Å². The molecular formula is C14H25N3. The molecule has 0 amide bonds. The molecule has 0 fully saturated rings. The quantitative estimate of drug-likeness (QED) is 0.730. The van der Waals surface area contributed by atoms with Crippen LogP contribution in [0.3, 0.4) is 0 Å². The first kappa shape index (κ1) is 14.0. The summed E-state index contributed by atoms with van der Waals surface area (Å²) in [5.41, 5.74) is 7.94. The number of nitrogens with two attached hydrogens (primary N) is 1. The molecule has 0 saturated carbocycles. The summed E-state index contributed by atoms with van der Waals surface area (Å²) >= 11 is 0. The van der Waals surface area contributed by atoms with Gasteiger partial charge in [-0.15, -0.1) is 0 Å². The fraction of sp³-hybridized carbons (Fsp3) is 0.571. The van der Waals surface area contributed by atoms with Gasteiger partial charge < -0.3 is 15.5 Å². The topological polar surface area (TPSA) is 32.5 Å². The zero-order valence-electron chi connectivity index (χ0n) is 11.3. The van der Waals surface area contributed by atoms with E-state index in [9.17, 15) is 0 Å². The second-order valence-corrected chi connectivity index (χ2v) is 4.96. The zero-order valence-corrected chi connectivity index (χ0v) is 11.3. The predicted octanol–water partition coefficient (Wildman–Crippen LogP) is 1.69. The average molecular weight is 235 g/mol. The maximum absolute atomic E-state index is 5.76. The molecular weight excluding hydrogens is 210 g/mol. The molecule has 3 nitrogen and oxygen atoms in total. The van der Waals surface area contributed by atoms with E-state index in [0.717, 1.165) is 31.7 Å². The summed E-state index contributed by atoms with van der Waals surface area (Å²) < 4.78 is 0. The van der Waals surface area contributed by atoms with Gasteiger partial charge in [0.15, 0.2) is 0 Å². The van der Waals surface area contributed by atoms with Gasteiger partial charge in [0.2, 0.25) is 0 Å². The van der Waals surface area contributed by atoms with Crippen LogP contribution in [-0.2, 0) is 6.42 Å². The lowest BCUT2D eigenvalue weighted by Gasteiger charge is -2.18. The molecule has 0 bridgehead atoms. The number of likely N-dealkylation sites (N-methyl/N-ethyl adjacent to an activating group) is 1. The second kappa shape index (κ2) is 7.30. The average Bonchev–Trinajstić information content (AvgIpc) is 2.26. The Balaban J connectivity index is 2.21. The van der Waals surface area contributed by atoms with Gasteiger partial charge in [-0.3, -0.25) is 0 Å². The molecule has 0 aliphatic heterocycles. The third kappa shape index (κ3) is 6.29. The van der Waals surface area contributed by atoms with Crippen molar-refractivity contribution < 1.29 is 0 Å². The number of hydrogen-bond donors (Lipinski definition) is 1. The summed E-state index contributed by atoms with van der Waals surface area (Å²) in [6.45, 7) is 3.40. The Morgan fingerprint density at radius 1 is 1.06 bits per heavy atom. The lowest BCUT2D eigenvalue weighted by Crippen LogP contribution is -2.25. The molecule has 0 aromatic heterocycles. The van der Waals surface area contributed by atoms with E-state index in [1.54, 1.807) is 0 Å². The van der Waals surface area contributed by atoms with Crippen LogP contribution in [0.15, 0.2) is 24.3 Å². The Hall–Kier alpha value is -1.06.